The van der Waals surface area contributed by atoms with E-state index in [2.05, 4.69) is 48.8 Å². The third-order valence-electron chi connectivity index (χ3n) is 8.14. The maximum atomic E-state index is 12.3. The third-order valence-corrected chi connectivity index (χ3v) is 8.63. The SMILES string of the molecule is CCCCC/C=C/C/C=C/CCCCCCCC(=O)O[C@H](COC(=O)CC/C=C/CCCCCCCCCCCCC)COP(=O)(O)O. The summed E-state index contributed by atoms with van der Waals surface area (Å²) in [4.78, 5) is 42.7. The van der Waals surface area contributed by atoms with Crippen molar-refractivity contribution in [2.24, 2.45) is 0 Å². The molecule has 280 valence electrons. The van der Waals surface area contributed by atoms with Crippen LogP contribution in [0.1, 0.15) is 181 Å². The molecular formula is C39H71O8P. The second-order valence-electron chi connectivity index (χ2n) is 12.9. The molecule has 48 heavy (non-hydrogen) atoms. The minimum atomic E-state index is -4.76. The summed E-state index contributed by atoms with van der Waals surface area (Å²) in [7, 11) is -4.76. The number of carbonyl (C=O) groups is 2. The van der Waals surface area contributed by atoms with E-state index in [1.54, 1.807) is 0 Å². The molecule has 0 aliphatic heterocycles. The zero-order chi connectivity index (χ0) is 35.4. The summed E-state index contributed by atoms with van der Waals surface area (Å²) in [6.07, 6.45) is 40.2. The Bertz CT molecular complexity index is 879. The first-order chi connectivity index (χ1) is 23.3. The zero-order valence-electron chi connectivity index (χ0n) is 30.6. The molecule has 8 nitrogen and oxygen atoms in total. The van der Waals surface area contributed by atoms with Gasteiger partial charge in [-0.3, -0.25) is 14.1 Å². The molecule has 0 saturated carbocycles. The van der Waals surface area contributed by atoms with Gasteiger partial charge in [0.2, 0.25) is 0 Å². The summed E-state index contributed by atoms with van der Waals surface area (Å²) in [5, 5.41) is 0. The van der Waals surface area contributed by atoms with E-state index in [-0.39, 0.29) is 19.4 Å². The molecule has 0 aromatic carbocycles. The quantitative estimate of drug-likeness (QED) is 0.0290. The second kappa shape index (κ2) is 35.1. The van der Waals surface area contributed by atoms with Crippen LogP contribution in [-0.2, 0) is 28.2 Å². The number of hydrogen-bond donors (Lipinski definition) is 2. The van der Waals surface area contributed by atoms with Crippen molar-refractivity contribution >= 4 is 19.8 Å². The highest BCUT2D eigenvalue weighted by molar-refractivity contribution is 7.46. The number of hydrogen-bond acceptors (Lipinski definition) is 6. The summed E-state index contributed by atoms with van der Waals surface area (Å²) >= 11 is 0. The van der Waals surface area contributed by atoms with Gasteiger partial charge in [0.05, 0.1) is 6.61 Å². The molecule has 0 fully saturated rings. The van der Waals surface area contributed by atoms with Crippen molar-refractivity contribution in [3.8, 4) is 0 Å². The molecule has 0 aromatic heterocycles. The standard InChI is InChI=1S/C39H71O8P/c1-3-5-7-9-11-13-15-17-19-21-23-25-27-29-31-33-38(40)45-35-37(36-46-48(42,43)44)47-39(41)34-32-30-28-26-24-22-20-18-16-14-12-10-8-6-4-2/h12,14,18,20,27,29,37H,3-11,13,15-17,19,21-26,28,30-36H2,1-2H3,(H2,42,43,44)/b14-12+,20-18+,29-27+/t37-/m1/s1. The number of phosphoric acid groups is 1. The van der Waals surface area contributed by atoms with Gasteiger partial charge in [0.25, 0.3) is 0 Å². The van der Waals surface area contributed by atoms with Gasteiger partial charge >= 0.3 is 19.8 Å². The second-order valence-corrected chi connectivity index (χ2v) is 14.1. The van der Waals surface area contributed by atoms with Crippen molar-refractivity contribution in [1.82, 2.24) is 0 Å². The number of allylic oxidation sites excluding steroid dienone is 6. The van der Waals surface area contributed by atoms with Crippen LogP contribution in [0.15, 0.2) is 36.5 Å². The van der Waals surface area contributed by atoms with Gasteiger partial charge in [0, 0.05) is 12.8 Å². The van der Waals surface area contributed by atoms with E-state index in [1.807, 2.05) is 6.08 Å². The molecule has 0 spiro atoms. The third kappa shape index (κ3) is 37.1. The Kier molecular flexibility index (Phi) is 33.8. The van der Waals surface area contributed by atoms with Crippen molar-refractivity contribution < 1.29 is 37.9 Å². The molecule has 0 aliphatic rings. The minimum Gasteiger partial charge on any atom is -0.462 e. The number of unbranched alkanes of at least 4 members (excludes halogenated alkanes) is 19. The molecule has 2 N–H and O–H groups in total. The van der Waals surface area contributed by atoms with Gasteiger partial charge < -0.3 is 19.3 Å². The first-order valence-electron chi connectivity index (χ1n) is 19.3. The zero-order valence-corrected chi connectivity index (χ0v) is 31.5. The lowest BCUT2D eigenvalue weighted by Gasteiger charge is -2.18. The normalized spacial score (nSPS) is 12.8. The summed E-state index contributed by atoms with van der Waals surface area (Å²) in [6.45, 7) is 3.61. The van der Waals surface area contributed by atoms with Crippen LogP contribution in [-0.4, -0.2) is 41.0 Å². The molecule has 0 aromatic rings. The van der Waals surface area contributed by atoms with Crippen molar-refractivity contribution in [3.05, 3.63) is 36.5 Å². The molecule has 0 unspecified atom stereocenters. The number of rotatable bonds is 35. The molecule has 0 amide bonds. The molecule has 0 rings (SSSR count). The summed E-state index contributed by atoms with van der Waals surface area (Å²) < 4.78 is 26.3. The number of carbonyl (C=O) groups excluding carboxylic acids is 2. The van der Waals surface area contributed by atoms with Crippen LogP contribution >= 0.6 is 7.82 Å². The molecule has 0 saturated heterocycles. The van der Waals surface area contributed by atoms with Crippen LogP contribution in [0, 0.1) is 0 Å². The van der Waals surface area contributed by atoms with Crippen LogP contribution in [0.5, 0.6) is 0 Å². The summed E-state index contributed by atoms with van der Waals surface area (Å²) in [5.41, 5.74) is 0. The fourth-order valence-corrected chi connectivity index (χ4v) is 5.60. The number of phosphoric ester groups is 1. The van der Waals surface area contributed by atoms with E-state index in [0.29, 0.717) is 12.8 Å². The Morgan fingerprint density at radius 3 is 1.52 bits per heavy atom. The lowest BCUT2D eigenvalue weighted by molar-refractivity contribution is -0.161. The molecule has 0 bridgehead atoms. The van der Waals surface area contributed by atoms with Crippen LogP contribution in [0.4, 0.5) is 0 Å². The highest BCUT2D eigenvalue weighted by Gasteiger charge is 2.22. The van der Waals surface area contributed by atoms with Crippen molar-refractivity contribution in [2.45, 2.75) is 187 Å². The predicted octanol–water partition coefficient (Wildman–Crippen LogP) is 11.4. The highest BCUT2D eigenvalue weighted by Crippen LogP contribution is 2.36. The van der Waals surface area contributed by atoms with E-state index in [9.17, 15) is 14.2 Å². The number of ether oxygens (including phenoxy) is 2. The minimum absolute atomic E-state index is 0.181. The first-order valence-corrected chi connectivity index (χ1v) is 20.8. The van der Waals surface area contributed by atoms with Crippen LogP contribution < -0.4 is 0 Å². The Morgan fingerprint density at radius 1 is 0.542 bits per heavy atom. The summed E-state index contributed by atoms with van der Waals surface area (Å²) in [5.74, 6) is -0.957. The molecule has 9 heteroatoms. The van der Waals surface area contributed by atoms with E-state index in [4.69, 9.17) is 19.3 Å². The number of esters is 2. The molecular weight excluding hydrogens is 627 g/mol. The van der Waals surface area contributed by atoms with E-state index in [1.165, 1.54) is 89.9 Å². The Morgan fingerprint density at radius 2 is 0.979 bits per heavy atom. The molecule has 0 heterocycles. The van der Waals surface area contributed by atoms with Gasteiger partial charge in [0.15, 0.2) is 6.10 Å². The highest BCUT2D eigenvalue weighted by atomic mass is 31.2. The lowest BCUT2D eigenvalue weighted by Crippen LogP contribution is -2.29. The predicted molar refractivity (Wildman–Crippen MR) is 198 cm³/mol. The van der Waals surface area contributed by atoms with Gasteiger partial charge in [-0.15, -0.1) is 0 Å². The molecule has 0 aliphatic carbocycles. The topological polar surface area (TPSA) is 119 Å². The maximum Gasteiger partial charge on any atom is 0.469 e. The Labute approximate surface area is 293 Å². The van der Waals surface area contributed by atoms with Gasteiger partial charge in [0.1, 0.15) is 6.61 Å². The molecule has 1 atom stereocenters. The first kappa shape index (κ1) is 46.3. The van der Waals surface area contributed by atoms with Crippen LogP contribution in [0.25, 0.3) is 0 Å². The van der Waals surface area contributed by atoms with Crippen LogP contribution in [0.3, 0.4) is 0 Å². The van der Waals surface area contributed by atoms with E-state index in [0.717, 1.165) is 51.4 Å². The van der Waals surface area contributed by atoms with E-state index >= 15 is 0 Å². The maximum absolute atomic E-state index is 12.3. The van der Waals surface area contributed by atoms with Crippen LogP contribution in [0.2, 0.25) is 0 Å². The fourth-order valence-electron chi connectivity index (χ4n) is 5.24. The lowest BCUT2D eigenvalue weighted by atomic mass is 10.1. The van der Waals surface area contributed by atoms with Crippen molar-refractivity contribution in [2.75, 3.05) is 13.2 Å². The average Bonchev–Trinajstić information content (AvgIpc) is 3.05. The van der Waals surface area contributed by atoms with Crippen molar-refractivity contribution in [3.63, 3.8) is 0 Å². The molecule has 0 radical (unpaired) electrons. The largest absolute Gasteiger partial charge is 0.469 e. The van der Waals surface area contributed by atoms with E-state index < -0.39 is 32.5 Å². The van der Waals surface area contributed by atoms with Crippen molar-refractivity contribution in [1.29, 1.82) is 0 Å². The Balaban J connectivity index is 4.02. The van der Waals surface area contributed by atoms with Gasteiger partial charge in [-0.1, -0.05) is 147 Å². The average molecular weight is 699 g/mol. The summed E-state index contributed by atoms with van der Waals surface area (Å²) in [6, 6.07) is 0. The smallest absolute Gasteiger partial charge is 0.462 e. The van der Waals surface area contributed by atoms with Gasteiger partial charge in [-0.05, 0) is 57.8 Å². The monoisotopic (exact) mass is 698 g/mol. The fraction of sp³-hybridized carbons (Fsp3) is 0.795. The Hall–Kier alpha value is -1.73. The van der Waals surface area contributed by atoms with Gasteiger partial charge in [-0.25, -0.2) is 4.57 Å². The van der Waals surface area contributed by atoms with Gasteiger partial charge in [-0.2, -0.15) is 0 Å².